The fourth-order valence-corrected chi connectivity index (χ4v) is 4.18. The topological polar surface area (TPSA) is 116 Å². The predicted molar refractivity (Wildman–Crippen MR) is 137 cm³/mol. The summed E-state index contributed by atoms with van der Waals surface area (Å²) in [5.41, 5.74) is 9.22. The molecule has 0 bridgehead atoms. The lowest BCUT2D eigenvalue weighted by atomic mass is 10.0. The molecule has 0 aliphatic carbocycles. The van der Waals surface area contributed by atoms with Crippen LogP contribution in [-0.4, -0.2) is 31.8 Å². The molecule has 0 aliphatic rings. The Bertz CT molecular complexity index is 1530. The van der Waals surface area contributed by atoms with Crippen LogP contribution in [0.4, 0.5) is 0 Å². The zero-order valence-electron chi connectivity index (χ0n) is 19.4. The normalized spacial score (nSPS) is 11.8. The molecule has 178 valence electrons. The molecule has 0 aliphatic heterocycles. The molecule has 8 heteroatoms. The number of carbonyl (C=O) groups excluding carboxylic acids is 2. The molecule has 8 nitrogen and oxygen atoms in total. The number of rotatable bonds is 8. The molecule has 0 fully saturated rings. The van der Waals surface area contributed by atoms with Gasteiger partial charge in [0.2, 0.25) is 5.91 Å². The number of amides is 2. The Balaban J connectivity index is 1.36. The van der Waals surface area contributed by atoms with E-state index < -0.39 is 11.9 Å². The van der Waals surface area contributed by atoms with Gasteiger partial charge in [-0.05, 0) is 34.7 Å². The van der Waals surface area contributed by atoms with Gasteiger partial charge in [0.05, 0.1) is 25.2 Å². The summed E-state index contributed by atoms with van der Waals surface area (Å²) in [4.78, 5) is 29.1. The molecule has 3 N–H and O–H groups in total. The van der Waals surface area contributed by atoms with Gasteiger partial charge in [-0.2, -0.15) is 0 Å². The minimum atomic E-state index is -0.523. The van der Waals surface area contributed by atoms with Crippen LogP contribution in [0, 0.1) is 0 Å². The number of nitrogens with one attached hydrogen (secondary N) is 1. The number of primary amides is 1. The molecule has 5 rings (SSSR count). The van der Waals surface area contributed by atoms with Crippen LogP contribution in [0.15, 0.2) is 97.5 Å². The maximum absolute atomic E-state index is 13.3. The van der Waals surface area contributed by atoms with Gasteiger partial charge >= 0.3 is 0 Å². The lowest BCUT2D eigenvalue weighted by molar-refractivity contribution is -0.118. The molecular formula is C28H24N6O2. The van der Waals surface area contributed by atoms with E-state index in [4.69, 9.17) is 5.73 Å². The van der Waals surface area contributed by atoms with Crippen molar-refractivity contribution in [2.24, 2.45) is 5.73 Å². The average Bonchev–Trinajstić information content (AvgIpc) is 3.37. The highest BCUT2D eigenvalue weighted by Gasteiger charge is 2.20. The number of benzene rings is 3. The second-order valence-electron chi connectivity index (χ2n) is 8.50. The third-order valence-electron chi connectivity index (χ3n) is 5.98. The Morgan fingerprint density at radius 3 is 2.58 bits per heavy atom. The third-order valence-corrected chi connectivity index (χ3v) is 5.98. The Hall–Kier alpha value is -4.85. The largest absolute Gasteiger partial charge is 0.370 e. The number of nitrogens with two attached hydrogens (primary N) is 1. The van der Waals surface area contributed by atoms with Gasteiger partial charge < -0.3 is 11.1 Å². The van der Waals surface area contributed by atoms with Crippen LogP contribution in [-0.2, 0) is 11.3 Å². The summed E-state index contributed by atoms with van der Waals surface area (Å²) in [5, 5.41) is 13.7. The van der Waals surface area contributed by atoms with E-state index in [-0.39, 0.29) is 12.3 Å². The van der Waals surface area contributed by atoms with Gasteiger partial charge in [0.15, 0.2) is 0 Å². The molecule has 3 aromatic carbocycles. The van der Waals surface area contributed by atoms with Gasteiger partial charge in [0, 0.05) is 28.9 Å². The van der Waals surface area contributed by atoms with Crippen molar-refractivity contribution < 1.29 is 9.59 Å². The maximum Gasteiger partial charge on any atom is 0.252 e. The molecule has 2 heterocycles. The van der Waals surface area contributed by atoms with Crippen molar-refractivity contribution in [2.45, 2.75) is 19.0 Å². The zero-order chi connectivity index (χ0) is 24.9. The van der Waals surface area contributed by atoms with E-state index >= 15 is 0 Å². The van der Waals surface area contributed by atoms with Crippen LogP contribution in [0.1, 0.15) is 33.9 Å². The lowest BCUT2D eigenvalue weighted by Gasteiger charge is -2.19. The van der Waals surface area contributed by atoms with Crippen LogP contribution in [0.25, 0.3) is 22.0 Å². The third kappa shape index (κ3) is 5.12. The Labute approximate surface area is 207 Å². The minimum Gasteiger partial charge on any atom is -0.370 e. The van der Waals surface area contributed by atoms with Crippen LogP contribution in [0.3, 0.4) is 0 Å². The van der Waals surface area contributed by atoms with E-state index in [1.54, 1.807) is 23.0 Å². The second kappa shape index (κ2) is 10.2. The fourth-order valence-electron chi connectivity index (χ4n) is 4.18. The summed E-state index contributed by atoms with van der Waals surface area (Å²) in [6.07, 6.45) is 5.45. The van der Waals surface area contributed by atoms with E-state index in [0.717, 1.165) is 33.2 Å². The molecule has 0 radical (unpaired) electrons. The predicted octanol–water partition coefficient (Wildman–Crippen LogP) is 3.89. The fraction of sp³-hybridized carbons (Fsp3) is 0.107. The first kappa shape index (κ1) is 22.9. The van der Waals surface area contributed by atoms with E-state index in [1.807, 2.05) is 73.1 Å². The first-order chi connectivity index (χ1) is 17.6. The van der Waals surface area contributed by atoms with E-state index in [9.17, 15) is 9.59 Å². The van der Waals surface area contributed by atoms with Crippen molar-refractivity contribution in [3.63, 3.8) is 0 Å². The van der Waals surface area contributed by atoms with E-state index in [2.05, 4.69) is 26.7 Å². The second-order valence-corrected chi connectivity index (χ2v) is 8.50. The SMILES string of the molecule is NC(=O)C[C@@H](NC(=O)c1ccccc1Cn1cc(-c2ccc3cnccc3c2)nn1)c1ccccc1. The summed E-state index contributed by atoms with van der Waals surface area (Å²) in [7, 11) is 0. The summed E-state index contributed by atoms with van der Waals surface area (Å²) >= 11 is 0. The number of hydrogen-bond acceptors (Lipinski definition) is 5. The molecule has 36 heavy (non-hydrogen) atoms. The molecule has 1 atom stereocenters. The Morgan fingerprint density at radius 1 is 0.944 bits per heavy atom. The highest BCUT2D eigenvalue weighted by Crippen LogP contribution is 2.23. The van der Waals surface area contributed by atoms with Crippen LogP contribution in [0.5, 0.6) is 0 Å². The molecule has 0 unspecified atom stereocenters. The summed E-state index contributed by atoms with van der Waals surface area (Å²) in [6.45, 7) is 0.361. The van der Waals surface area contributed by atoms with Crippen LogP contribution < -0.4 is 11.1 Å². The first-order valence-electron chi connectivity index (χ1n) is 11.5. The molecular weight excluding hydrogens is 452 g/mol. The van der Waals surface area contributed by atoms with Crippen molar-refractivity contribution in [1.29, 1.82) is 0 Å². The van der Waals surface area contributed by atoms with Crippen molar-refractivity contribution in [3.05, 3.63) is 114 Å². The van der Waals surface area contributed by atoms with Gasteiger partial charge in [0.1, 0.15) is 5.69 Å². The maximum atomic E-state index is 13.3. The number of pyridine rings is 1. The summed E-state index contributed by atoms with van der Waals surface area (Å²) in [5.74, 6) is -0.776. The quantitative estimate of drug-likeness (QED) is 0.353. The highest BCUT2D eigenvalue weighted by molar-refractivity contribution is 5.96. The van der Waals surface area contributed by atoms with Crippen molar-refractivity contribution >= 4 is 22.6 Å². The Kier molecular flexibility index (Phi) is 6.48. The smallest absolute Gasteiger partial charge is 0.252 e. The van der Waals surface area contributed by atoms with Crippen LogP contribution >= 0.6 is 0 Å². The molecule has 2 amide bonds. The molecule has 0 spiro atoms. The van der Waals surface area contributed by atoms with Gasteiger partial charge in [0.25, 0.3) is 5.91 Å². The van der Waals surface area contributed by atoms with Crippen molar-refractivity contribution in [2.75, 3.05) is 0 Å². The monoisotopic (exact) mass is 476 g/mol. The van der Waals surface area contributed by atoms with Crippen molar-refractivity contribution in [3.8, 4) is 11.3 Å². The number of fused-ring (bicyclic) bond motifs is 1. The number of nitrogens with zero attached hydrogens (tertiary/aromatic N) is 4. The van der Waals surface area contributed by atoms with Crippen LogP contribution in [0.2, 0.25) is 0 Å². The van der Waals surface area contributed by atoms with Gasteiger partial charge in [-0.3, -0.25) is 14.6 Å². The van der Waals surface area contributed by atoms with Gasteiger partial charge in [-0.15, -0.1) is 5.10 Å². The highest BCUT2D eigenvalue weighted by atomic mass is 16.2. The average molecular weight is 477 g/mol. The number of aromatic nitrogens is 4. The number of hydrogen-bond donors (Lipinski definition) is 2. The van der Waals surface area contributed by atoms with Gasteiger partial charge in [-0.25, -0.2) is 4.68 Å². The van der Waals surface area contributed by atoms with E-state index in [1.165, 1.54) is 0 Å². The zero-order valence-corrected chi connectivity index (χ0v) is 19.4. The standard InChI is InChI=1S/C28H24N6O2/c29-27(35)15-25(19-6-2-1-3-7-19)31-28(36)24-9-5-4-8-23(24)17-34-18-26(32-33-34)21-10-11-22-16-30-13-12-20(22)14-21/h1-14,16,18,25H,15,17H2,(H2,29,35)(H,31,36)/t25-/m1/s1. The lowest BCUT2D eigenvalue weighted by Crippen LogP contribution is -2.32. The number of carbonyl (C=O) groups is 2. The summed E-state index contributed by atoms with van der Waals surface area (Å²) < 4.78 is 1.70. The van der Waals surface area contributed by atoms with Crippen molar-refractivity contribution in [1.82, 2.24) is 25.3 Å². The first-order valence-corrected chi connectivity index (χ1v) is 11.5. The van der Waals surface area contributed by atoms with E-state index in [0.29, 0.717) is 12.1 Å². The molecule has 0 saturated carbocycles. The van der Waals surface area contributed by atoms with Gasteiger partial charge in [-0.1, -0.05) is 65.9 Å². The molecule has 2 aromatic heterocycles. The molecule has 0 saturated heterocycles. The summed E-state index contributed by atoms with van der Waals surface area (Å²) in [6, 6.07) is 24.1. The Morgan fingerprint density at radius 2 is 1.75 bits per heavy atom. The minimum absolute atomic E-state index is 0.00613. The molecule has 5 aromatic rings.